The zero-order valence-electron chi connectivity index (χ0n) is 10.4. The minimum Gasteiger partial charge on any atom is -0.275 e. The van der Waals surface area contributed by atoms with Gasteiger partial charge in [-0.2, -0.15) is 20.7 Å². The number of nitriles is 1. The average molecular weight is 270 g/mol. The first-order valence-corrected chi connectivity index (χ1v) is 6.42. The lowest BCUT2D eigenvalue weighted by Crippen LogP contribution is -1.86. The fraction of sp³-hybridized carbons (Fsp3) is 0.167. The molecule has 0 saturated carbocycles. The second kappa shape index (κ2) is 4.33. The van der Waals surface area contributed by atoms with Crippen LogP contribution in [0.2, 0.25) is 0 Å². The van der Waals surface area contributed by atoms with Crippen molar-refractivity contribution in [3.63, 3.8) is 0 Å². The zero-order chi connectivity index (χ0) is 13.4. The molecule has 19 heavy (non-hydrogen) atoms. The highest BCUT2D eigenvalue weighted by Crippen LogP contribution is 2.35. The Morgan fingerprint density at radius 2 is 2.11 bits per heavy atom. The predicted octanol–water partition coefficient (Wildman–Crippen LogP) is 2.11. The summed E-state index contributed by atoms with van der Waals surface area (Å²) < 4.78 is 1.79. The Hall–Kier alpha value is -2.46. The van der Waals surface area contributed by atoms with Crippen LogP contribution in [-0.4, -0.2) is 25.2 Å². The van der Waals surface area contributed by atoms with E-state index in [1.807, 2.05) is 38.4 Å². The molecule has 6 nitrogen and oxygen atoms in total. The van der Waals surface area contributed by atoms with Crippen LogP contribution in [0.1, 0.15) is 11.4 Å². The molecule has 0 aliphatic rings. The van der Waals surface area contributed by atoms with Gasteiger partial charge in [0.05, 0.1) is 10.6 Å². The fourth-order valence-electron chi connectivity index (χ4n) is 1.93. The van der Waals surface area contributed by atoms with Crippen molar-refractivity contribution in [2.45, 2.75) is 6.92 Å². The van der Waals surface area contributed by atoms with Gasteiger partial charge in [0.1, 0.15) is 11.8 Å². The Bertz CT molecular complexity index is 772. The Morgan fingerprint density at radius 1 is 1.32 bits per heavy atom. The monoisotopic (exact) mass is 270 g/mol. The Balaban J connectivity index is 2.05. The summed E-state index contributed by atoms with van der Waals surface area (Å²) in [5.41, 5.74) is 2.99. The molecular weight excluding hydrogens is 260 g/mol. The van der Waals surface area contributed by atoms with E-state index in [1.54, 1.807) is 16.0 Å². The highest BCUT2D eigenvalue weighted by Gasteiger charge is 2.14. The number of hydrogen-bond donors (Lipinski definition) is 1. The lowest BCUT2D eigenvalue weighted by Gasteiger charge is -1.92. The van der Waals surface area contributed by atoms with E-state index in [0.717, 1.165) is 21.0 Å². The molecule has 0 aliphatic carbocycles. The lowest BCUT2D eigenvalue weighted by atomic mass is 10.2. The van der Waals surface area contributed by atoms with Gasteiger partial charge in [-0.25, -0.2) is 0 Å². The molecule has 0 fully saturated rings. The molecule has 7 heteroatoms. The lowest BCUT2D eigenvalue weighted by molar-refractivity contribution is 0.756. The maximum absolute atomic E-state index is 8.96. The summed E-state index contributed by atoms with van der Waals surface area (Å²) in [6, 6.07) is 5.99. The molecule has 3 aromatic heterocycles. The number of nitrogens with one attached hydrogen (secondary N) is 1. The quantitative estimate of drug-likeness (QED) is 0.773. The normalized spacial score (nSPS) is 10.6. The van der Waals surface area contributed by atoms with E-state index in [2.05, 4.69) is 20.5 Å². The SMILES string of the molecule is Cc1nn(C)cc1-c1ccc(-c2n[nH]nc2C#N)s1. The first-order chi connectivity index (χ1) is 9.19. The highest BCUT2D eigenvalue weighted by atomic mass is 32.1. The summed E-state index contributed by atoms with van der Waals surface area (Å²) in [5.74, 6) is 0. The second-order valence-corrected chi connectivity index (χ2v) is 5.18. The largest absolute Gasteiger partial charge is 0.275 e. The standard InChI is InChI=1S/C12H10N6S/c1-7-8(6-18(2)16-7)10-3-4-11(19-10)12-9(5-13)14-17-15-12/h3-4,6H,1-2H3,(H,14,15,17). The van der Waals surface area contributed by atoms with E-state index in [0.29, 0.717) is 11.4 Å². The average Bonchev–Trinajstić information content (AvgIpc) is 3.07. The Kier molecular flexibility index (Phi) is 2.65. The van der Waals surface area contributed by atoms with Crippen molar-refractivity contribution in [1.29, 1.82) is 5.26 Å². The van der Waals surface area contributed by atoms with Crippen LogP contribution >= 0.6 is 11.3 Å². The van der Waals surface area contributed by atoms with Gasteiger partial charge in [0.25, 0.3) is 0 Å². The van der Waals surface area contributed by atoms with Gasteiger partial charge in [-0.1, -0.05) is 0 Å². The molecule has 3 aromatic rings. The number of rotatable bonds is 2. The van der Waals surface area contributed by atoms with Crippen molar-refractivity contribution in [2.75, 3.05) is 0 Å². The van der Waals surface area contributed by atoms with E-state index in [-0.39, 0.29) is 0 Å². The third-order valence-corrected chi connectivity index (χ3v) is 3.90. The summed E-state index contributed by atoms with van der Waals surface area (Å²) in [7, 11) is 1.90. The third-order valence-electron chi connectivity index (χ3n) is 2.77. The minimum absolute atomic E-state index is 0.316. The molecule has 0 unspecified atom stereocenters. The van der Waals surface area contributed by atoms with Crippen LogP contribution in [0.5, 0.6) is 0 Å². The second-order valence-electron chi connectivity index (χ2n) is 4.10. The van der Waals surface area contributed by atoms with Crippen molar-refractivity contribution in [2.24, 2.45) is 7.05 Å². The molecule has 0 spiro atoms. The summed E-state index contributed by atoms with van der Waals surface area (Å²) in [6.07, 6.45) is 1.99. The van der Waals surface area contributed by atoms with Gasteiger partial charge in [0, 0.05) is 23.7 Å². The first-order valence-electron chi connectivity index (χ1n) is 5.60. The first kappa shape index (κ1) is 11.6. The Labute approximate surface area is 113 Å². The molecule has 3 heterocycles. The summed E-state index contributed by atoms with van der Waals surface area (Å²) >= 11 is 1.57. The van der Waals surface area contributed by atoms with E-state index >= 15 is 0 Å². The van der Waals surface area contributed by atoms with Gasteiger partial charge >= 0.3 is 0 Å². The summed E-state index contributed by atoms with van der Waals surface area (Å²) in [5, 5.41) is 23.6. The van der Waals surface area contributed by atoms with Crippen molar-refractivity contribution >= 4 is 11.3 Å². The van der Waals surface area contributed by atoms with Gasteiger partial charge < -0.3 is 0 Å². The van der Waals surface area contributed by atoms with Gasteiger partial charge in [0.15, 0.2) is 5.69 Å². The maximum Gasteiger partial charge on any atom is 0.191 e. The number of nitrogens with zero attached hydrogens (tertiary/aromatic N) is 5. The molecule has 0 aliphatic heterocycles. The molecule has 0 bridgehead atoms. The number of aromatic amines is 1. The van der Waals surface area contributed by atoms with Crippen LogP contribution in [0.25, 0.3) is 21.0 Å². The number of aromatic nitrogens is 5. The van der Waals surface area contributed by atoms with Gasteiger partial charge in [-0.3, -0.25) is 4.68 Å². The predicted molar refractivity (Wildman–Crippen MR) is 71.3 cm³/mol. The summed E-state index contributed by atoms with van der Waals surface area (Å²) in [4.78, 5) is 2.02. The van der Waals surface area contributed by atoms with Crippen molar-refractivity contribution in [1.82, 2.24) is 25.2 Å². The third kappa shape index (κ3) is 1.92. The molecule has 3 rings (SSSR count). The molecule has 0 amide bonds. The van der Waals surface area contributed by atoms with E-state index < -0.39 is 0 Å². The Morgan fingerprint density at radius 3 is 2.79 bits per heavy atom. The molecule has 0 radical (unpaired) electrons. The molecule has 94 valence electrons. The molecule has 1 N–H and O–H groups in total. The van der Waals surface area contributed by atoms with E-state index in [1.165, 1.54) is 0 Å². The van der Waals surface area contributed by atoms with E-state index in [9.17, 15) is 0 Å². The van der Waals surface area contributed by atoms with E-state index in [4.69, 9.17) is 5.26 Å². The molecule has 0 aromatic carbocycles. The smallest absolute Gasteiger partial charge is 0.191 e. The van der Waals surface area contributed by atoms with Crippen LogP contribution in [0.4, 0.5) is 0 Å². The van der Waals surface area contributed by atoms with Crippen molar-refractivity contribution in [3.8, 4) is 27.1 Å². The van der Waals surface area contributed by atoms with Gasteiger partial charge in [-0.15, -0.1) is 16.4 Å². The topological polar surface area (TPSA) is 83.2 Å². The minimum atomic E-state index is 0.316. The molecule has 0 saturated heterocycles. The molecular formula is C12H10N6S. The van der Waals surface area contributed by atoms with Crippen LogP contribution in [-0.2, 0) is 7.05 Å². The van der Waals surface area contributed by atoms with Gasteiger partial charge in [0.2, 0.25) is 0 Å². The van der Waals surface area contributed by atoms with Crippen LogP contribution in [0.15, 0.2) is 18.3 Å². The number of H-pyrrole nitrogens is 1. The van der Waals surface area contributed by atoms with Crippen molar-refractivity contribution < 1.29 is 0 Å². The van der Waals surface area contributed by atoms with Gasteiger partial charge in [-0.05, 0) is 19.1 Å². The number of aryl methyl sites for hydroxylation is 2. The number of thiophene rings is 1. The molecule has 0 atom stereocenters. The van der Waals surface area contributed by atoms with Crippen LogP contribution in [0.3, 0.4) is 0 Å². The fourth-order valence-corrected chi connectivity index (χ4v) is 2.99. The summed E-state index contributed by atoms with van der Waals surface area (Å²) in [6.45, 7) is 1.98. The maximum atomic E-state index is 8.96. The number of hydrogen-bond acceptors (Lipinski definition) is 5. The zero-order valence-corrected chi connectivity index (χ0v) is 11.2. The van der Waals surface area contributed by atoms with Crippen LogP contribution < -0.4 is 0 Å². The highest BCUT2D eigenvalue weighted by molar-refractivity contribution is 7.18. The van der Waals surface area contributed by atoms with Crippen LogP contribution in [0, 0.1) is 18.3 Å². The van der Waals surface area contributed by atoms with Crippen molar-refractivity contribution in [3.05, 3.63) is 29.7 Å².